The highest BCUT2D eigenvalue weighted by Gasteiger charge is 2.28. The largest absolute Gasteiger partial charge is 0.294 e. The lowest BCUT2D eigenvalue weighted by Gasteiger charge is -2.34. The van der Waals surface area contributed by atoms with E-state index in [9.17, 15) is 4.79 Å². The van der Waals surface area contributed by atoms with E-state index in [0.717, 1.165) is 37.9 Å². The fraction of sp³-hybridized carbons (Fsp3) is 0.400. The Kier molecular flexibility index (Phi) is 5.14. The number of aryl methyl sites for hydroxylation is 2. The predicted octanol–water partition coefficient (Wildman–Crippen LogP) is 4.18. The first-order chi connectivity index (χ1) is 11.6. The van der Waals surface area contributed by atoms with Gasteiger partial charge in [-0.1, -0.05) is 42.0 Å². The molecule has 4 heteroatoms. The quantitative estimate of drug-likeness (QED) is 0.839. The maximum Gasteiger partial charge on any atom is 0.228 e. The molecular weight excluding hydrogens is 298 g/mol. The summed E-state index contributed by atoms with van der Waals surface area (Å²) in [6, 6.07) is 10.5. The lowest BCUT2D eigenvalue weighted by molar-refractivity contribution is -0.119. The highest BCUT2D eigenvalue weighted by Crippen LogP contribution is 2.29. The number of carbonyl (C=O) groups is 1. The predicted molar refractivity (Wildman–Crippen MR) is 97.0 cm³/mol. The third-order valence-electron chi connectivity index (χ3n) is 4.72. The number of aromatic nitrogens is 2. The zero-order valence-corrected chi connectivity index (χ0v) is 14.3. The van der Waals surface area contributed by atoms with E-state index in [-0.39, 0.29) is 11.9 Å². The summed E-state index contributed by atoms with van der Waals surface area (Å²) in [6.07, 6.45) is 7.05. The number of aromatic amines is 1. The monoisotopic (exact) mass is 323 g/mol. The maximum atomic E-state index is 12.9. The van der Waals surface area contributed by atoms with Crippen molar-refractivity contribution in [2.45, 2.75) is 51.5 Å². The van der Waals surface area contributed by atoms with E-state index >= 15 is 0 Å². The SMILES string of the molecule is C=C1CCCC(N(C(=O)CCc2ccc(C)cc2)c2ccn[nH]2)C1. The van der Waals surface area contributed by atoms with Crippen molar-refractivity contribution in [3.05, 3.63) is 59.8 Å². The van der Waals surface area contributed by atoms with Crippen molar-refractivity contribution in [2.75, 3.05) is 4.90 Å². The van der Waals surface area contributed by atoms with Crippen LogP contribution in [0.2, 0.25) is 0 Å². The lowest BCUT2D eigenvalue weighted by atomic mass is 9.90. The number of hydrogen-bond acceptors (Lipinski definition) is 2. The number of anilines is 1. The minimum absolute atomic E-state index is 0.152. The first-order valence-corrected chi connectivity index (χ1v) is 8.67. The molecule has 0 spiro atoms. The molecule has 1 aromatic heterocycles. The molecule has 0 aliphatic heterocycles. The fourth-order valence-corrected chi connectivity index (χ4v) is 3.39. The average molecular weight is 323 g/mol. The van der Waals surface area contributed by atoms with Gasteiger partial charge in [0.25, 0.3) is 0 Å². The van der Waals surface area contributed by atoms with Gasteiger partial charge in [0.05, 0.1) is 6.20 Å². The van der Waals surface area contributed by atoms with Gasteiger partial charge in [-0.05, 0) is 44.6 Å². The van der Waals surface area contributed by atoms with Gasteiger partial charge >= 0.3 is 0 Å². The van der Waals surface area contributed by atoms with Crippen molar-refractivity contribution < 1.29 is 4.79 Å². The second-order valence-electron chi connectivity index (χ2n) is 6.69. The molecule has 0 radical (unpaired) electrons. The molecule has 0 bridgehead atoms. The van der Waals surface area contributed by atoms with Crippen molar-refractivity contribution in [3.63, 3.8) is 0 Å². The Morgan fingerprint density at radius 1 is 1.33 bits per heavy atom. The standard InChI is InChI=1S/C20H25N3O/c1-15-6-8-17(9-7-15)10-11-20(24)23(19-12-13-21-22-19)18-5-3-4-16(2)14-18/h6-9,12-13,18H,2-5,10-11,14H2,1H3,(H,21,22). The van der Waals surface area contributed by atoms with Gasteiger partial charge in [0.2, 0.25) is 5.91 Å². The Balaban J connectivity index is 1.71. The Labute approximate surface area is 143 Å². The first kappa shape index (κ1) is 16.5. The number of H-pyrrole nitrogens is 1. The van der Waals surface area contributed by atoms with Gasteiger partial charge in [-0.25, -0.2) is 0 Å². The van der Waals surface area contributed by atoms with Gasteiger partial charge in [0, 0.05) is 18.5 Å². The molecule has 0 saturated heterocycles. The van der Waals surface area contributed by atoms with E-state index in [0.29, 0.717) is 6.42 Å². The van der Waals surface area contributed by atoms with Crippen LogP contribution in [0.3, 0.4) is 0 Å². The molecule has 4 nitrogen and oxygen atoms in total. The van der Waals surface area contributed by atoms with Gasteiger partial charge < -0.3 is 0 Å². The number of nitrogens with zero attached hydrogens (tertiary/aromatic N) is 2. The van der Waals surface area contributed by atoms with Crippen molar-refractivity contribution >= 4 is 11.7 Å². The Hall–Kier alpha value is -2.36. The summed E-state index contributed by atoms with van der Waals surface area (Å²) < 4.78 is 0. The van der Waals surface area contributed by atoms with Crippen LogP contribution in [0.15, 0.2) is 48.7 Å². The summed E-state index contributed by atoms with van der Waals surface area (Å²) in [5.41, 5.74) is 3.68. The molecule has 1 aromatic carbocycles. The summed E-state index contributed by atoms with van der Waals surface area (Å²) in [6.45, 7) is 6.20. The molecular formula is C20H25N3O. The zero-order valence-electron chi connectivity index (χ0n) is 14.3. The maximum absolute atomic E-state index is 12.9. The van der Waals surface area contributed by atoms with Gasteiger partial charge in [0.1, 0.15) is 5.82 Å². The molecule has 1 unspecified atom stereocenters. The van der Waals surface area contributed by atoms with Crippen LogP contribution in [-0.2, 0) is 11.2 Å². The van der Waals surface area contributed by atoms with E-state index in [2.05, 4.69) is 48.0 Å². The van der Waals surface area contributed by atoms with Crippen molar-refractivity contribution in [1.29, 1.82) is 0 Å². The van der Waals surface area contributed by atoms with Gasteiger partial charge in [-0.3, -0.25) is 14.8 Å². The van der Waals surface area contributed by atoms with Crippen LogP contribution in [0.25, 0.3) is 0 Å². The van der Waals surface area contributed by atoms with Crippen LogP contribution in [0.1, 0.15) is 43.2 Å². The van der Waals surface area contributed by atoms with Crippen molar-refractivity contribution in [3.8, 4) is 0 Å². The van der Waals surface area contributed by atoms with E-state index in [1.54, 1.807) is 6.20 Å². The number of benzene rings is 1. The second-order valence-corrected chi connectivity index (χ2v) is 6.69. The normalized spacial score (nSPS) is 17.7. The highest BCUT2D eigenvalue weighted by atomic mass is 16.2. The van der Waals surface area contributed by atoms with E-state index < -0.39 is 0 Å². The van der Waals surface area contributed by atoms with Gasteiger partial charge in [-0.15, -0.1) is 0 Å². The summed E-state index contributed by atoms with van der Waals surface area (Å²) in [4.78, 5) is 14.8. The molecule has 24 heavy (non-hydrogen) atoms. The molecule has 1 saturated carbocycles. The molecule has 3 rings (SSSR count). The van der Waals surface area contributed by atoms with Crippen molar-refractivity contribution in [1.82, 2.24) is 10.2 Å². The highest BCUT2D eigenvalue weighted by molar-refractivity contribution is 5.93. The van der Waals surface area contributed by atoms with Crippen LogP contribution in [0, 0.1) is 6.92 Å². The average Bonchev–Trinajstić information content (AvgIpc) is 3.09. The Morgan fingerprint density at radius 3 is 2.79 bits per heavy atom. The van der Waals surface area contributed by atoms with Crippen LogP contribution in [0.4, 0.5) is 5.82 Å². The first-order valence-electron chi connectivity index (χ1n) is 8.67. The number of nitrogens with one attached hydrogen (secondary N) is 1. The minimum Gasteiger partial charge on any atom is -0.294 e. The summed E-state index contributed by atoms with van der Waals surface area (Å²) in [5, 5.41) is 6.99. The molecule has 1 aliphatic carbocycles. The molecule has 1 atom stereocenters. The summed E-state index contributed by atoms with van der Waals surface area (Å²) in [5.74, 6) is 0.947. The minimum atomic E-state index is 0.152. The third kappa shape index (κ3) is 3.94. The third-order valence-corrected chi connectivity index (χ3v) is 4.72. The van der Waals surface area contributed by atoms with Crippen molar-refractivity contribution in [2.24, 2.45) is 0 Å². The Bertz CT molecular complexity index is 688. The van der Waals surface area contributed by atoms with Gasteiger partial charge in [0.15, 0.2) is 0 Å². The molecule has 2 aromatic rings. The smallest absolute Gasteiger partial charge is 0.228 e. The molecule has 126 valence electrons. The molecule has 1 heterocycles. The molecule has 1 amide bonds. The topological polar surface area (TPSA) is 49.0 Å². The molecule has 1 aliphatic rings. The summed E-state index contributed by atoms with van der Waals surface area (Å²) in [7, 11) is 0. The zero-order chi connectivity index (χ0) is 16.9. The number of rotatable bonds is 5. The van der Waals surface area contributed by atoms with Crippen LogP contribution in [-0.4, -0.2) is 22.1 Å². The van der Waals surface area contributed by atoms with Crippen LogP contribution < -0.4 is 4.90 Å². The molecule has 1 fully saturated rings. The molecule has 1 N–H and O–H groups in total. The summed E-state index contributed by atoms with van der Waals surface area (Å²) >= 11 is 0. The fourth-order valence-electron chi connectivity index (χ4n) is 3.39. The van der Waals surface area contributed by atoms with E-state index in [1.807, 2.05) is 11.0 Å². The van der Waals surface area contributed by atoms with Gasteiger partial charge in [-0.2, -0.15) is 5.10 Å². The number of hydrogen-bond donors (Lipinski definition) is 1. The van der Waals surface area contributed by atoms with Crippen LogP contribution >= 0.6 is 0 Å². The number of carbonyl (C=O) groups excluding carboxylic acids is 1. The van der Waals surface area contributed by atoms with Crippen LogP contribution in [0.5, 0.6) is 0 Å². The Morgan fingerprint density at radius 2 is 2.12 bits per heavy atom. The second kappa shape index (κ2) is 7.47. The van der Waals surface area contributed by atoms with E-state index in [4.69, 9.17) is 0 Å². The number of amides is 1. The lowest BCUT2D eigenvalue weighted by Crippen LogP contribution is -2.42. The van der Waals surface area contributed by atoms with E-state index in [1.165, 1.54) is 16.7 Å².